The van der Waals surface area contributed by atoms with E-state index >= 15 is 0 Å². The molecule has 16 heavy (non-hydrogen) atoms. The van der Waals surface area contributed by atoms with Crippen molar-refractivity contribution < 1.29 is 13.5 Å². The highest BCUT2D eigenvalue weighted by Gasteiger charge is 2.13. The van der Waals surface area contributed by atoms with Gasteiger partial charge in [0.25, 0.3) is 0 Å². The normalized spacial score (nSPS) is 12.2. The van der Waals surface area contributed by atoms with Crippen molar-refractivity contribution in [3.05, 3.63) is 24.3 Å². The van der Waals surface area contributed by atoms with Crippen LogP contribution in [0.2, 0.25) is 0 Å². The molecule has 1 aromatic rings. The van der Waals surface area contributed by atoms with Gasteiger partial charge in [-0.1, -0.05) is 0 Å². The predicted octanol–water partition coefficient (Wildman–Crippen LogP) is 2.91. The van der Waals surface area contributed by atoms with Crippen LogP contribution in [0, 0.1) is 11.3 Å². The topological polar surface area (TPSA) is 45.0 Å². The van der Waals surface area contributed by atoms with Crippen LogP contribution in [0.5, 0.6) is 0 Å². The predicted molar refractivity (Wildman–Crippen MR) is 58.3 cm³/mol. The summed E-state index contributed by atoms with van der Waals surface area (Å²) < 4.78 is 27.8. The van der Waals surface area contributed by atoms with Crippen molar-refractivity contribution in [1.82, 2.24) is 0 Å². The first kappa shape index (κ1) is 12.7. The average Bonchev–Trinajstić information content (AvgIpc) is 2.28. The summed E-state index contributed by atoms with van der Waals surface area (Å²) in [7, 11) is 0. The van der Waals surface area contributed by atoms with E-state index in [1.165, 1.54) is 0 Å². The molecule has 0 amide bonds. The van der Waals surface area contributed by atoms with E-state index in [0.29, 0.717) is 5.69 Å². The van der Waals surface area contributed by atoms with Crippen LogP contribution in [0.1, 0.15) is 0 Å². The number of nitriles is 1. The van der Waals surface area contributed by atoms with Crippen LogP contribution in [0.15, 0.2) is 29.2 Å². The van der Waals surface area contributed by atoms with E-state index in [0.717, 1.165) is 4.90 Å². The van der Waals surface area contributed by atoms with Crippen molar-refractivity contribution >= 4 is 17.4 Å². The van der Waals surface area contributed by atoms with Gasteiger partial charge < -0.3 is 5.32 Å². The lowest BCUT2D eigenvalue weighted by molar-refractivity contribution is -0.141. The van der Waals surface area contributed by atoms with E-state index in [1.807, 2.05) is 18.4 Å². The Balaban J connectivity index is 2.60. The lowest BCUT2D eigenvalue weighted by atomic mass is 10.3. The highest BCUT2D eigenvalue weighted by atomic mass is 32.2. The second kappa shape index (κ2) is 6.30. The molecule has 0 saturated heterocycles. The maximum absolute atomic E-state index is 11.9. The molecule has 0 heterocycles. The summed E-state index contributed by atoms with van der Waals surface area (Å²) in [6.07, 6.45) is 0.584. The zero-order chi connectivity index (χ0) is 12.0. The minimum Gasteiger partial charge on any atom is -0.348 e. The van der Waals surface area contributed by atoms with Crippen LogP contribution < -0.4 is 5.32 Å². The molecule has 1 N–H and O–H groups in total. The molecule has 1 aromatic carbocycles. The molecular weight excluding hydrogens is 234 g/mol. The van der Waals surface area contributed by atoms with Gasteiger partial charge in [-0.15, -0.1) is 11.8 Å². The Hall–Kier alpha value is -1.32. The van der Waals surface area contributed by atoms with Gasteiger partial charge in [0, 0.05) is 10.6 Å². The molecule has 0 aromatic heterocycles. The summed E-state index contributed by atoms with van der Waals surface area (Å²) in [6.45, 7) is -2.97. The van der Waals surface area contributed by atoms with Crippen molar-refractivity contribution in [2.45, 2.75) is 17.7 Å². The maximum atomic E-state index is 11.9. The van der Waals surface area contributed by atoms with E-state index in [1.54, 1.807) is 30.0 Å². The fourth-order valence-corrected chi connectivity index (χ4v) is 1.45. The molecule has 0 aliphatic rings. The minimum absolute atomic E-state index is 0.560. The van der Waals surface area contributed by atoms with Crippen LogP contribution in [-0.4, -0.2) is 19.1 Å². The van der Waals surface area contributed by atoms with Gasteiger partial charge in [0.05, 0.1) is 0 Å². The van der Waals surface area contributed by atoms with Gasteiger partial charge in [-0.05, 0) is 30.5 Å². The molecule has 3 nitrogen and oxygen atoms in total. The molecule has 0 saturated carbocycles. The zero-order valence-electron chi connectivity index (χ0n) is 8.48. The summed E-state index contributed by atoms with van der Waals surface area (Å²) >= 11 is 1.57. The van der Waals surface area contributed by atoms with Crippen molar-refractivity contribution in [3.63, 3.8) is 0 Å². The molecule has 0 bridgehead atoms. The largest absolute Gasteiger partial charge is 0.348 e. The van der Waals surface area contributed by atoms with Crippen LogP contribution in [-0.2, 0) is 4.74 Å². The smallest absolute Gasteiger partial charge is 0.347 e. The van der Waals surface area contributed by atoms with Crippen molar-refractivity contribution in [3.8, 4) is 6.07 Å². The van der Waals surface area contributed by atoms with E-state index in [2.05, 4.69) is 10.1 Å². The van der Waals surface area contributed by atoms with Crippen LogP contribution in [0.25, 0.3) is 0 Å². The average molecular weight is 244 g/mol. The van der Waals surface area contributed by atoms with Gasteiger partial charge in [-0.2, -0.15) is 14.0 Å². The molecule has 1 unspecified atom stereocenters. The number of anilines is 1. The van der Waals surface area contributed by atoms with Gasteiger partial charge in [-0.3, -0.25) is 4.74 Å². The van der Waals surface area contributed by atoms with Crippen molar-refractivity contribution in [2.75, 3.05) is 11.6 Å². The Morgan fingerprint density at radius 2 is 2.00 bits per heavy atom. The van der Waals surface area contributed by atoms with Gasteiger partial charge >= 0.3 is 6.61 Å². The Bertz CT molecular complexity index is 364. The summed E-state index contributed by atoms with van der Waals surface area (Å²) in [6, 6.07) is 8.64. The number of hydrogen-bond acceptors (Lipinski definition) is 4. The Labute approximate surface area is 96.4 Å². The highest BCUT2D eigenvalue weighted by molar-refractivity contribution is 7.98. The van der Waals surface area contributed by atoms with E-state index in [-0.39, 0.29) is 0 Å². The molecule has 0 spiro atoms. The van der Waals surface area contributed by atoms with Crippen molar-refractivity contribution in [2.24, 2.45) is 0 Å². The summed E-state index contributed by atoms with van der Waals surface area (Å²) in [5.74, 6) is 0. The monoisotopic (exact) mass is 244 g/mol. The number of benzene rings is 1. The number of nitrogens with one attached hydrogen (secondary N) is 1. The molecule has 0 aliphatic heterocycles. The Kier molecular flexibility index (Phi) is 5.02. The molecule has 1 atom stereocenters. The van der Waals surface area contributed by atoms with Crippen LogP contribution in [0.3, 0.4) is 0 Å². The molecule has 86 valence electrons. The number of thioether (sulfide) groups is 1. The summed E-state index contributed by atoms with van der Waals surface area (Å²) in [4.78, 5) is 1.05. The van der Waals surface area contributed by atoms with Crippen molar-refractivity contribution in [1.29, 1.82) is 5.26 Å². The zero-order valence-corrected chi connectivity index (χ0v) is 9.30. The molecule has 1 rings (SSSR count). The van der Waals surface area contributed by atoms with Crippen LogP contribution >= 0.6 is 11.8 Å². The number of hydrogen-bond donors (Lipinski definition) is 1. The SMILES string of the molecule is CSc1ccc(NC(C#N)OC(F)F)cc1. The van der Waals surface area contributed by atoms with Crippen LogP contribution in [0.4, 0.5) is 14.5 Å². The highest BCUT2D eigenvalue weighted by Crippen LogP contribution is 2.18. The lowest BCUT2D eigenvalue weighted by Gasteiger charge is -2.13. The fourth-order valence-electron chi connectivity index (χ4n) is 1.04. The number of nitrogens with zero attached hydrogens (tertiary/aromatic N) is 1. The molecule has 0 fully saturated rings. The Morgan fingerprint density at radius 1 is 1.38 bits per heavy atom. The van der Waals surface area contributed by atoms with Gasteiger partial charge in [-0.25, -0.2) is 0 Å². The van der Waals surface area contributed by atoms with E-state index < -0.39 is 12.8 Å². The molecular formula is C10H10F2N2OS. The number of rotatable bonds is 5. The summed E-state index contributed by atoms with van der Waals surface area (Å²) in [5.41, 5.74) is 0.560. The van der Waals surface area contributed by atoms with E-state index in [4.69, 9.17) is 5.26 Å². The quantitative estimate of drug-likeness (QED) is 0.639. The Morgan fingerprint density at radius 3 is 2.44 bits per heavy atom. The van der Waals surface area contributed by atoms with Gasteiger partial charge in [0.1, 0.15) is 6.07 Å². The number of ether oxygens (including phenoxy) is 1. The second-order valence-corrected chi connectivity index (χ2v) is 3.66. The minimum atomic E-state index is -2.97. The van der Waals surface area contributed by atoms with E-state index in [9.17, 15) is 8.78 Å². The molecule has 0 aliphatic carbocycles. The second-order valence-electron chi connectivity index (χ2n) is 2.78. The maximum Gasteiger partial charge on any atom is 0.347 e. The first-order chi connectivity index (χ1) is 7.65. The number of halogens is 2. The standard InChI is InChI=1S/C10H10F2N2OS/c1-16-8-4-2-7(3-5-8)14-9(6-13)15-10(11)12/h2-5,9-10,14H,1H3. The molecule has 6 heteroatoms. The van der Waals surface area contributed by atoms with Gasteiger partial charge in [0.2, 0.25) is 6.23 Å². The summed E-state index contributed by atoms with van der Waals surface area (Å²) in [5, 5.41) is 11.1. The molecule has 0 radical (unpaired) electrons. The van der Waals surface area contributed by atoms with Gasteiger partial charge in [0.15, 0.2) is 0 Å². The lowest BCUT2D eigenvalue weighted by Crippen LogP contribution is -2.23. The number of alkyl halides is 2. The first-order valence-electron chi connectivity index (χ1n) is 4.39. The third-order valence-electron chi connectivity index (χ3n) is 1.74. The fraction of sp³-hybridized carbons (Fsp3) is 0.300. The first-order valence-corrected chi connectivity index (χ1v) is 5.62. The third-order valence-corrected chi connectivity index (χ3v) is 2.49. The third kappa shape index (κ3) is 4.04.